The summed E-state index contributed by atoms with van der Waals surface area (Å²) in [4.78, 5) is 2.48. The van der Waals surface area contributed by atoms with Crippen LogP contribution in [0.15, 0.2) is 11.1 Å². The number of likely N-dealkylation sites (tertiary alicyclic amines) is 1. The lowest BCUT2D eigenvalue weighted by Gasteiger charge is -2.44. The van der Waals surface area contributed by atoms with Gasteiger partial charge in [0, 0.05) is 0 Å². The molecule has 1 aliphatic carbocycles. The fraction of sp³-hybridized carbons (Fsp3) is 0.867. The Hall–Kier alpha value is -0.300. The van der Waals surface area contributed by atoms with Gasteiger partial charge >= 0.3 is 0 Å². The summed E-state index contributed by atoms with van der Waals surface area (Å²) in [6.07, 6.45) is 7.04. The highest BCUT2D eigenvalue weighted by atomic mass is 15.1. The van der Waals surface area contributed by atoms with E-state index in [1.165, 1.54) is 45.2 Å². The maximum atomic E-state index is 2.48. The average molecular weight is 223 g/mol. The van der Waals surface area contributed by atoms with Crippen molar-refractivity contribution in [2.75, 3.05) is 20.1 Å². The van der Waals surface area contributed by atoms with Gasteiger partial charge in [-0.25, -0.2) is 0 Å². The standard InChI is InChI=1S/C13H23N.C2H6/c1-11-4-5-13(10-12(11)2)6-8-14(3)9-7-13;1-2/h4-10H2,1-3H3;1-2H3. The molecule has 0 aromatic carbocycles. The van der Waals surface area contributed by atoms with E-state index in [0.29, 0.717) is 5.41 Å². The zero-order chi connectivity index (χ0) is 12.2. The zero-order valence-electron chi connectivity index (χ0n) is 11.9. The fourth-order valence-corrected chi connectivity index (χ4v) is 2.99. The number of allylic oxidation sites excluding steroid dienone is 2. The molecule has 1 spiro atoms. The van der Waals surface area contributed by atoms with E-state index in [-0.39, 0.29) is 0 Å². The summed E-state index contributed by atoms with van der Waals surface area (Å²) >= 11 is 0. The highest BCUT2D eigenvalue weighted by molar-refractivity contribution is 5.17. The molecule has 94 valence electrons. The van der Waals surface area contributed by atoms with Crippen molar-refractivity contribution in [1.29, 1.82) is 0 Å². The van der Waals surface area contributed by atoms with Crippen molar-refractivity contribution in [3.05, 3.63) is 11.1 Å². The first-order chi connectivity index (χ1) is 7.61. The third-order valence-corrected chi connectivity index (χ3v) is 4.45. The number of rotatable bonds is 0. The summed E-state index contributed by atoms with van der Waals surface area (Å²) in [5.41, 5.74) is 4.03. The van der Waals surface area contributed by atoms with E-state index >= 15 is 0 Å². The predicted molar refractivity (Wildman–Crippen MR) is 72.7 cm³/mol. The Bertz CT molecular complexity index is 244. The molecule has 1 nitrogen and oxygen atoms in total. The molecule has 1 fully saturated rings. The van der Waals surface area contributed by atoms with Gasteiger partial charge in [-0.05, 0) is 71.5 Å². The first kappa shape index (κ1) is 13.8. The van der Waals surface area contributed by atoms with E-state index in [1.807, 2.05) is 13.8 Å². The molecule has 0 saturated carbocycles. The molecule has 0 amide bonds. The average Bonchev–Trinajstić information content (AvgIpc) is 2.31. The van der Waals surface area contributed by atoms with Crippen LogP contribution in [-0.2, 0) is 0 Å². The second-order valence-corrected chi connectivity index (χ2v) is 5.54. The van der Waals surface area contributed by atoms with Crippen molar-refractivity contribution < 1.29 is 0 Å². The Morgan fingerprint density at radius 3 is 2.00 bits per heavy atom. The molecule has 0 aromatic rings. The molecule has 2 rings (SSSR count). The molecule has 1 heteroatoms. The molecule has 0 N–H and O–H groups in total. The van der Waals surface area contributed by atoms with Gasteiger partial charge in [0.25, 0.3) is 0 Å². The van der Waals surface area contributed by atoms with Crippen LogP contribution in [0.5, 0.6) is 0 Å². The van der Waals surface area contributed by atoms with Crippen LogP contribution >= 0.6 is 0 Å². The second kappa shape index (κ2) is 5.86. The van der Waals surface area contributed by atoms with Crippen LogP contribution in [0.4, 0.5) is 0 Å². The number of hydrogen-bond donors (Lipinski definition) is 0. The van der Waals surface area contributed by atoms with E-state index in [2.05, 4.69) is 25.8 Å². The lowest BCUT2D eigenvalue weighted by Crippen LogP contribution is -2.39. The van der Waals surface area contributed by atoms with Crippen molar-refractivity contribution in [1.82, 2.24) is 4.90 Å². The van der Waals surface area contributed by atoms with Gasteiger partial charge in [-0.1, -0.05) is 25.0 Å². The molecular formula is C15H29N. The maximum Gasteiger partial charge on any atom is -0.00164 e. The molecule has 1 aliphatic heterocycles. The minimum absolute atomic E-state index is 0.691. The monoisotopic (exact) mass is 223 g/mol. The van der Waals surface area contributed by atoms with E-state index < -0.39 is 0 Å². The van der Waals surface area contributed by atoms with Crippen molar-refractivity contribution >= 4 is 0 Å². The van der Waals surface area contributed by atoms with Crippen molar-refractivity contribution in [3.8, 4) is 0 Å². The van der Waals surface area contributed by atoms with Gasteiger partial charge in [0.1, 0.15) is 0 Å². The molecular weight excluding hydrogens is 194 g/mol. The maximum absolute atomic E-state index is 2.48. The molecule has 0 radical (unpaired) electrons. The molecule has 2 aliphatic rings. The Morgan fingerprint density at radius 1 is 0.938 bits per heavy atom. The van der Waals surface area contributed by atoms with Crippen LogP contribution in [0.25, 0.3) is 0 Å². The summed E-state index contributed by atoms with van der Waals surface area (Å²) in [5, 5.41) is 0. The lowest BCUT2D eigenvalue weighted by molar-refractivity contribution is 0.106. The highest BCUT2D eigenvalue weighted by Gasteiger charge is 2.35. The SMILES string of the molecule is CC.CC1=C(C)CC2(CC1)CCN(C)CC2. The first-order valence-electron chi connectivity index (χ1n) is 6.95. The summed E-state index contributed by atoms with van der Waals surface area (Å²) < 4.78 is 0. The minimum Gasteiger partial charge on any atom is -0.306 e. The van der Waals surface area contributed by atoms with Gasteiger partial charge in [0.2, 0.25) is 0 Å². The van der Waals surface area contributed by atoms with Crippen molar-refractivity contribution in [2.45, 2.75) is 59.8 Å². The summed E-state index contributed by atoms with van der Waals surface area (Å²) in [7, 11) is 2.25. The van der Waals surface area contributed by atoms with Crippen molar-refractivity contribution in [2.24, 2.45) is 5.41 Å². The Morgan fingerprint density at radius 2 is 1.50 bits per heavy atom. The smallest absolute Gasteiger partial charge is 0.00164 e. The van der Waals surface area contributed by atoms with Gasteiger partial charge in [0.05, 0.1) is 0 Å². The molecule has 0 atom stereocenters. The molecule has 0 bridgehead atoms. The van der Waals surface area contributed by atoms with Gasteiger partial charge in [-0.3, -0.25) is 0 Å². The third-order valence-electron chi connectivity index (χ3n) is 4.45. The van der Waals surface area contributed by atoms with Gasteiger partial charge < -0.3 is 4.90 Å². The third kappa shape index (κ3) is 3.10. The van der Waals surface area contributed by atoms with Gasteiger partial charge in [0.15, 0.2) is 0 Å². The lowest BCUT2D eigenvalue weighted by atomic mass is 9.67. The number of hydrogen-bond acceptors (Lipinski definition) is 1. The normalized spacial score (nSPS) is 25.3. The second-order valence-electron chi connectivity index (χ2n) is 5.54. The topological polar surface area (TPSA) is 3.24 Å². The zero-order valence-corrected chi connectivity index (χ0v) is 11.9. The summed E-state index contributed by atoms with van der Waals surface area (Å²) in [5.74, 6) is 0. The van der Waals surface area contributed by atoms with Crippen LogP contribution < -0.4 is 0 Å². The van der Waals surface area contributed by atoms with Gasteiger partial charge in [-0.2, -0.15) is 0 Å². The quantitative estimate of drug-likeness (QED) is 0.555. The van der Waals surface area contributed by atoms with Crippen LogP contribution in [0.3, 0.4) is 0 Å². The van der Waals surface area contributed by atoms with E-state index in [4.69, 9.17) is 0 Å². The molecule has 1 heterocycles. The van der Waals surface area contributed by atoms with E-state index in [0.717, 1.165) is 0 Å². The Kier molecular flexibility index (Phi) is 5.04. The fourth-order valence-electron chi connectivity index (χ4n) is 2.99. The van der Waals surface area contributed by atoms with Crippen LogP contribution in [0, 0.1) is 5.41 Å². The van der Waals surface area contributed by atoms with Crippen molar-refractivity contribution in [3.63, 3.8) is 0 Å². The molecule has 16 heavy (non-hydrogen) atoms. The summed E-state index contributed by atoms with van der Waals surface area (Å²) in [6.45, 7) is 11.3. The highest BCUT2D eigenvalue weighted by Crippen LogP contribution is 2.46. The number of piperidine rings is 1. The van der Waals surface area contributed by atoms with Crippen LogP contribution in [0.1, 0.15) is 59.8 Å². The largest absolute Gasteiger partial charge is 0.306 e. The predicted octanol–water partition coefficient (Wildman–Crippen LogP) is 4.24. The molecule has 0 unspecified atom stereocenters. The Labute approximate surface area is 102 Å². The van der Waals surface area contributed by atoms with Gasteiger partial charge in [-0.15, -0.1) is 0 Å². The first-order valence-corrected chi connectivity index (χ1v) is 6.95. The van der Waals surface area contributed by atoms with Crippen LogP contribution in [-0.4, -0.2) is 25.0 Å². The molecule has 0 aromatic heterocycles. The van der Waals surface area contributed by atoms with E-state index in [9.17, 15) is 0 Å². The number of nitrogens with zero attached hydrogens (tertiary/aromatic N) is 1. The van der Waals surface area contributed by atoms with Crippen LogP contribution in [0.2, 0.25) is 0 Å². The Balaban J connectivity index is 0.000000606. The molecule has 1 saturated heterocycles. The minimum atomic E-state index is 0.691. The summed E-state index contributed by atoms with van der Waals surface area (Å²) in [6, 6.07) is 0. The van der Waals surface area contributed by atoms with E-state index in [1.54, 1.807) is 11.1 Å².